The van der Waals surface area contributed by atoms with Gasteiger partial charge < -0.3 is 19.8 Å². The molecule has 0 aliphatic carbocycles. The molecule has 8 nitrogen and oxygen atoms in total. The molecule has 8 aromatic carbocycles. The van der Waals surface area contributed by atoms with Crippen molar-refractivity contribution in [3.05, 3.63) is 238 Å². The number of methoxy groups -OCH3 is 1. The second-order valence-corrected chi connectivity index (χ2v) is 28.4. The number of nitrogens with one attached hydrogen (secondary N) is 2. The lowest BCUT2D eigenvalue weighted by Gasteiger charge is -2.19. The average Bonchev–Trinajstić information content (AvgIpc) is 1.59. The van der Waals surface area contributed by atoms with Crippen molar-refractivity contribution in [2.75, 3.05) is 7.11 Å². The molecule has 0 saturated carbocycles. The Bertz CT molecular complexity index is 4980. The third-order valence-electron chi connectivity index (χ3n) is 18.2. The number of benzene rings is 8. The molecule has 0 atom stereocenters. The molecular weight excluding hydrogens is 1120 g/mol. The summed E-state index contributed by atoms with van der Waals surface area (Å²) in [5, 5.41) is 14.1. The highest BCUT2D eigenvalue weighted by atomic mass is 16.5. The van der Waals surface area contributed by atoms with Gasteiger partial charge in [0.2, 0.25) is 0 Å². The van der Waals surface area contributed by atoms with Crippen LogP contribution in [-0.4, -0.2) is 44.1 Å². The molecule has 0 spiro atoms. The van der Waals surface area contributed by atoms with Gasteiger partial charge >= 0.3 is 11.9 Å². The van der Waals surface area contributed by atoms with E-state index in [1.54, 1.807) is 0 Å². The molecular formula is C83H76N4O4. The van der Waals surface area contributed by atoms with Crippen molar-refractivity contribution < 1.29 is 19.4 Å². The minimum absolute atomic E-state index is 0.0771. The summed E-state index contributed by atoms with van der Waals surface area (Å²) >= 11 is 0. The number of nitrogens with zero attached hydrogens (tertiary/aromatic N) is 2. The van der Waals surface area contributed by atoms with Gasteiger partial charge in [-0.15, -0.1) is 0 Å². The molecule has 0 saturated heterocycles. The van der Waals surface area contributed by atoms with Gasteiger partial charge in [-0.25, -0.2) is 19.6 Å². The molecule has 3 N–H and O–H groups in total. The summed E-state index contributed by atoms with van der Waals surface area (Å²) in [7, 11) is 1.29. The number of hydrogen-bond acceptors (Lipinski definition) is 5. The fraction of sp³-hybridized carbons (Fsp3) is 0.205. The second-order valence-electron chi connectivity index (χ2n) is 28.4. The number of fused-ring (bicyclic) bond motifs is 14. The zero-order valence-corrected chi connectivity index (χ0v) is 54.2. The third kappa shape index (κ3) is 10.9. The topological polar surface area (TPSA) is 121 Å². The number of carbonyl (C=O) groups excluding carboxylic acids is 1. The summed E-state index contributed by atoms with van der Waals surface area (Å²) in [5.74, 6) is -2.04. The van der Waals surface area contributed by atoms with Crippen LogP contribution in [0.3, 0.4) is 0 Å². The first-order valence-corrected chi connectivity index (χ1v) is 31.4. The number of H-pyrrole nitrogens is 2. The van der Waals surface area contributed by atoms with Crippen LogP contribution in [0.2, 0.25) is 0 Å². The Hall–Kier alpha value is -10.2. The highest BCUT2D eigenvalue weighted by Crippen LogP contribution is 2.48. The number of hydrogen-bond donors (Lipinski definition) is 3. The van der Waals surface area contributed by atoms with Crippen LogP contribution in [-0.2, 0) is 26.4 Å². The average molecular weight is 1190 g/mol. The number of rotatable bonds is 8. The molecule has 0 amide bonds. The molecule has 0 unspecified atom stereocenters. The Balaban J connectivity index is 1.34. The zero-order valence-electron chi connectivity index (χ0n) is 54.2. The number of esters is 1. The zero-order chi connectivity index (χ0) is 64.1. The largest absolute Gasteiger partial charge is 0.478 e. The minimum atomic E-state index is -1.26. The minimum Gasteiger partial charge on any atom is -0.478 e. The van der Waals surface area contributed by atoms with Crippen molar-refractivity contribution in [3.63, 3.8) is 0 Å². The van der Waals surface area contributed by atoms with E-state index in [4.69, 9.17) is 14.7 Å². The monoisotopic (exact) mass is 1190 g/mol. The summed E-state index contributed by atoms with van der Waals surface area (Å²) in [6, 6.07) is 64.3. The predicted molar refractivity (Wildman–Crippen MR) is 380 cm³/mol. The van der Waals surface area contributed by atoms with Crippen molar-refractivity contribution in [2.45, 2.75) is 105 Å². The molecule has 0 fully saturated rings. The Morgan fingerprint density at radius 3 is 0.989 bits per heavy atom. The van der Waals surface area contributed by atoms with Crippen LogP contribution in [0.1, 0.15) is 149 Å². The quantitative estimate of drug-likeness (QED) is 0.130. The standard InChI is InChI=1S/C83H76N4O4/c1-80(2,3)54-32-24-50(25-33-54)68-64-42-43-65(84-64)69(51-26-34-55(35-27-51)81(4,5)6)75-62-46-60(48-20-16-14-17-21-48)61(49-22-18-15-19-23-49)47-63(62)76(86-75)70(52-28-36-56(37-29-52)82(7,8)9)66-44-45-67(85-66)71(53-30-38-57(39-31-53)83(10,11)12)77-72-58(74(68)87-77)40-41-59(78(88)89)73(72)79(90)91-13/h14-47,86-87H,1-13H3,(H,88,89). The van der Waals surface area contributed by atoms with Crippen molar-refractivity contribution in [1.82, 2.24) is 19.9 Å². The van der Waals surface area contributed by atoms with Crippen LogP contribution in [0.5, 0.6) is 0 Å². The highest BCUT2D eigenvalue weighted by molar-refractivity contribution is 6.25. The molecule has 8 bridgehead atoms. The van der Waals surface area contributed by atoms with Gasteiger partial charge in [0.25, 0.3) is 0 Å². The maximum atomic E-state index is 14.7. The van der Waals surface area contributed by atoms with E-state index in [-0.39, 0.29) is 32.8 Å². The summed E-state index contributed by atoms with van der Waals surface area (Å²) in [6.45, 7) is 26.6. The lowest BCUT2D eigenvalue weighted by atomic mass is 9.86. The number of carboxylic acid groups (broad SMARTS) is 1. The summed E-state index contributed by atoms with van der Waals surface area (Å²) in [6.07, 6.45) is 8.36. The number of carbonyl (C=O) groups is 2. The number of aromatic carboxylic acids is 1. The van der Waals surface area contributed by atoms with Crippen LogP contribution in [0.4, 0.5) is 0 Å². The van der Waals surface area contributed by atoms with Crippen molar-refractivity contribution in [3.8, 4) is 66.8 Å². The molecule has 0 radical (unpaired) electrons. The van der Waals surface area contributed by atoms with E-state index >= 15 is 0 Å². The van der Waals surface area contributed by atoms with Gasteiger partial charge in [-0.2, -0.15) is 0 Å². The Labute approximate surface area is 533 Å². The van der Waals surface area contributed by atoms with Crippen LogP contribution in [0.25, 0.3) is 135 Å². The fourth-order valence-corrected chi connectivity index (χ4v) is 13.1. The van der Waals surface area contributed by atoms with Crippen LogP contribution < -0.4 is 0 Å². The number of ether oxygens (including phenoxy) is 1. The van der Waals surface area contributed by atoms with Gasteiger partial charge in [0.15, 0.2) is 0 Å². The van der Waals surface area contributed by atoms with Gasteiger partial charge in [0.05, 0.1) is 63.1 Å². The fourth-order valence-electron chi connectivity index (χ4n) is 13.1. The molecule has 5 heterocycles. The molecule has 13 rings (SSSR count). The first kappa shape index (κ1) is 59.8. The van der Waals surface area contributed by atoms with Crippen LogP contribution >= 0.6 is 0 Å². The highest BCUT2D eigenvalue weighted by Gasteiger charge is 2.30. The van der Waals surface area contributed by atoms with Crippen molar-refractivity contribution in [2.24, 2.45) is 0 Å². The van der Waals surface area contributed by atoms with E-state index in [9.17, 15) is 14.7 Å². The maximum Gasteiger partial charge on any atom is 0.339 e. The van der Waals surface area contributed by atoms with Gasteiger partial charge in [-0.1, -0.05) is 247 Å². The molecule has 91 heavy (non-hydrogen) atoms. The van der Waals surface area contributed by atoms with Gasteiger partial charge in [-0.05, 0) is 131 Å². The molecule has 452 valence electrons. The number of carboxylic acids is 1. The Kier molecular flexibility index (Phi) is 14.7. The molecule has 2 aliphatic rings. The summed E-state index contributed by atoms with van der Waals surface area (Å²) in [4.78, 5) is 48.2. The van der Waals surface area contributed by atoms with Crippen molar-refractivity contribution in [1.29, 1.82) is 0 Å². The molecule has 2 aliphatic heterocycles. The van der Waals surface area contributed by atoms with E-state index in [1.807, 2.05) is 6.07 Å². The summed E-state index contributed by atoms with van der Waals surface area (Å²) < 4.78 is 5.60. The lowest BCUT2D eigenvalue weighted by molar-refractivity contribution is 0.0585. The lowest BCUT2D eigenvalue weighted by Crippen LogP contribution is -2.11. The van der Waals surface area contributed by atoms with Gasteiger partial charge in [-0.3, -0.25) is 0 Å². The first-order chi connectivity index (χ1) is 43.3. The molecule has 8 heteroatoms. The number of aromatic nitrogens is 4. The Morgan fingerprint density at radius 1 is 0.374 bits per heavy atom. The number of aromatic amines is 2. The SMILES string of the molecule is COC(=O)c1c(C(=O)O)ccc2c3[nH]c(c(-c4ccc(C(C)(C)C)cc4)c4nc(c(-c5ccc(C(C)(C)C)cc5)c5[nH]c(c(-c6ccc(C(C)(C)C)cc6)c6nc(c3-c3ccc(C(C)(C)C)cc3)C=C6)c3cc(-c6ccccc6)c(-c6ccccc6)cc53)C=C4)c12. The van der Waals surface area contributed by atoms with Crippen molar-refractivity contribution >= 4 is 79.9 Å². The third-order valence-corrected chi connectivity index (χ3v) is 18.2. The molecule has 11 aromatic rings. The predicted octanol–water partition coefficient (Wildman–Crippen LogP) is 21.6. The van der Waals surface area contributed by atoms with E-state index in [0.29, 0.717) is 44.5 Å². The molecule has 3 aromatic heterocycles. The van der Waals surface area contributed by atoms with E-state index in [0.717, 1.165) is 99.8 Å². The summed E-state index contributed by atoms with van der Waals surface area (Å²) in [5.41, 5.74) is 20.5. The second kappa shape index (κ2) is 22.4. The van der Waals surface area contributed by atoms with Crippen LogP contribution in [0, 0.1) is 0 Å². The maximum absolute atomic E-state index is 14.7. The normalized spacial score (nSPS) is 12.7. The van der Waals surface area contributed by atoms with E-state index < -0.39 is 11.9 Å². The van der Waals surface area contributed by atoms with Gasteiger partial charge in [0.1, 0.15) is 0 Å². The van der Waals surface area contributed by atoms with Crippen LogP contribution in [0.15, 0.2) is 182 Å². The smallest absolute Gasteiger partial charge is 0.339 e. The van der Waals surface area contributed by atoms with Gasteiger partial charge in [0, 0.05) is 43.8 Å². The van der Waals surface area contributed by atoms with E-state index in [1.165, 1.54) is 24.3 Å². The van der Waals surface area contributed by atoms with E-state index in [2.05, 4.69) is 287 Å². The first-order valence-electron chi connectivity index (χ1n) is 31.4. The Morgan fingerprint density at radius 2 is 0.681 bits per heavy atom.